The smallest absolute Gasteiger partial charge is 0.411 e. The lowest BCUT2D eigenvalue weighted by atomic mass is 10.1. The van der Waals surface area contributed by atoms with Gasteiger partial charge in [-0.2, -0.15) is 0 Å². The van der Waals surface area contributed by atoms with E-state index in [1.807, 2.05) is 0 Å². The van der Waals surface area contributed by atoms with Crippen molar-refractivity contribution < 1.29 is 23.5 Å². The summed E-state index contributed by atoms with van der Waals surface area (Å²) >= 11 is 0. The number of rotatable bonds is 8. The maximum atomic E-state index is 13.6. The average Bonchev–Trinajstić information content (AvgIpc) is 2.61. The summed E-state index contributed by atoms with van der Waals surface area (Å²) in [5.41, 5.74) is 1.51. The lowest BCUT2D eigenvalue weighted by molar-refractivity contribution is -0.116. The van der Waals surface area contributed by atoms with Crippen LogP contribution in [0.2, 0.25) is 0 Å². The van der Waals surface area contributed by atoms with Gasteiger partial charge < -0.3 is 14.8 Å². The molecule has 6 nitrogen and oxygen atoms in total. The van der Waals surface area contributed by atoms with Crippen LogP contribution < -0.4 is 10.6 Å². The molecule has 0 bridgehead atoms. The van der Waals surface area contributed by atoms with Gasteiger partial charge in [-0.3, -0.25) is 10.1 Å². The quantitative estimate of drug-likeness (QED) is 0.706. The van der Waals surface area contributed by atoms with Crippen molar-refractivity contribution in [3.05, 3.63) is 59.9 Å². The van der Waals surface area contributed by atoms with E-state index in [0.717, 1.165) is 0 Å². The molecule has 0 heterocycles. The van der Waals surface area contributed by atoms with Crippen LogP contribution in [-0.2, 0) is 20.7 Å². The van der Waals surface area contributed by atoms with E-state index in [1.165, 1.54) is 13.2 Å². The number of ether oxygens (including phenoxy) is 2. The molecular weight excluding hydrogens is 339 g/mol. The van der Waals surface area contributed by atoms with Crippen LogP contribution in [0.25, 0.3) is 0 Å². The summed E-state index contributed by atoms with van der Waals surface area (Å²) < 4.78 is 23.3. The summed E-state index contributed by atoms with van der Waals surface area (Å²) in [5.74, 6) is -0.563. The number of anilines is 2. The molecule has 0 atom stereocenters. The van der Waals surface area contributed by atoms with Gasteiger partial charge in [-0.05, 0) is 36.2 Å². The van der Waals surface area contributed by atoms with Crippen LogP contribution in [0.3, 0.4) is 0 Å². The first-order valence-electron chi connectivity index (χ1n) is 8.14. The first-order chi connectivity index (χ1) is 12.6. The highest BCUT2D eigenvalue weighted by Gasteiger charge is 2.08. The van der Waals surface area contributed by atoms with Crippen LogP contribution in [0.1, 0.15) is 12.0 Å². The molecule has 2 rings (SSSR count). The Morgan fingerprint density at radius 1 is 1.00 bits per heavy atom. The molecule has 2 N–H and O–H groups in total. The summed E-state index contributed by atoms with van der Waals surface area (Å²) in [6, 6.07) is 13.0. The molecule has 0 fully saturated rings. The summed E-state index contributed by atoms with van der Waals surface area (Å²) in [4.78, 5) is 23.6. The third kappa shape index (κ3) is 6.52. The molecule has 2 amide bonds. The van der Waals surface area contributed by atoms with Gasteiger partial charge in [-0.25, -0.2) is 9.18 Å². The van der Waals surface area contributed by atoms with E-state index in [9.17, 15) is 14.0 Å². The van der Waals surface area contributed by atoms with Crippen molar-refractivity contribution in [3.63, 3.8) is 0 Å². The van der Waals surface area contributed by atoms with Gasteiger partial charge in [0.15, 0.2) is 0 Å². The number of aryl methyl sites for hydroxylation is 1. The third-order valence-corrected chi connectivity index (χ3v) is 3.49. The van der Waals surface area contributed by atoms with E-state index < -0.39 is 6.09 Å². The number of benzene rings is 2. The molecule has 0 spiro atoms. The Balaban J connectivity index is 1.84. The van der Waals surface area contributed by atoms with Crippen molar-refractivity contribution in [2.75, 3.05) is 31.0 Å². The highest BCUT2D eigenvalue weighted by atomic mass is 19.1. The Bertz CT molecular complexity index is 752. The molecule has 0 saturated heterocycles. The number of nitrogens with one attached hydrogen (secondary N) is 2. The minimum atomic E-state index is -0.606. The summed E-state index contributed by atoms with van der Waals surface area (Å²) in [7, 11) is 1.51. The SMILES string of the molecule is COCCOC(=O)Nc1cccc(NC(=O)CCc2ccccc2F)c1. The van der Waals surface area contributed by atoms with E-state index >= 15 is 0 Å². The first kappa shape index (κ1) is 19.4. The van der Waals surface area contributed by atoms with Gasteiger partial charge in [0.1, 0.15) is 12.4 Å². The Morgan fingerprint density at radius 2 is 1.73 bits per heavy atom. The number of amides is 2. The molecule has 2 aromatic rings. The molecule has 7 heteroatoms. The van der Waals surface area contributed by atoms with E-state index in [-0.39, 0.29) is 24.8 Å². The van der Waals surface area contributed by atoms with Crippen molar-refractivity contribution in [1.82, 2.24) is 0 Å². The Labute approximate surface area is 151 Å². The molecule has 0 aromatic heterocycles. The van der Waals surface area contributed by atoms with Gasteiger partial charge >= 0.3 is 6.09 Å². The zero-order chi connectivity index (χ0) is 18.8. The van der Waals surface area contributed by atoms with Gasteiger partial charge in [0.05, 0.1) is 6.61 Å². The number of halogens is 1. The standard InChI is InChI=1S/C19H21FN2O4/c1-25-11-12-26-19(24)22-16-7-4-6-15(13-16)21-18(23)10-9-14-5-2-3-8-17(14)20/h2-8,13H,9-12H2,1H3,(H,21,23)(H,22,24). The minimum Gasteiger partial charge on any atom is -0.447 e. The fourth-order valence-corrected chi connectivity index (χ4v) is 2.22. The van der Waals surface area contributed by atoms with Crippen LogP contribution in [0, 0.1) is 5.82 Å². The lowest BCUT2D eigenvalue weighted by Crippen LogP contribution is -2.17. The number of methoxy groups -OCH3 is 1. The third-order valence-electron chi connectivity index (χ3n) is 3.49. The topological polar surface area (TPSA) is 76.7 Å². The van der Waals surface area contributed by atoms with E-state index in [1.54, 1.807) is 42.5 Å². The molecule has 0 aliphatic rings. The second-order valence-electron chi connectivity index (χ2n) is 5.47. The molecule has 0 unspecified atom stereocenters. The summed E-state index contributed by atoms with van der Waals surface area (Å²) in [6.07, 6.45) is -0.148. The highest BCUT2D eigenvalue weighted by Crippen LogP contribution is 2.16. The normalized spacial score (nSPS) is 10.2. The Kier molecular flexibility index (Phi) is 7.57. The highest BCUT2D eigenvalue weighted by molar-refractivity contribution is 5.92. The molecular formula is C19H21FN2O4. The van der Waals surface area contributed by atoms with Crippen LogP contribution in [0.15, 0.2) is 48.5 Å². The lowest BCUT2D eigenvalue weighted by Gasteiger charge is -2.09. The van der Waals surface area contributed by atoms with Gasteiger partial charge in [0, 0.05) is 24.9 Å². The van der Waals surface area contributed by atoms with Gasteiger partial charge in [0.2, 0.25) is 5.91 Å². The van der Waals surface area contributed by atoms with Crippen molar-refractivity contribution in [3.8, 4) is 0 Å². The molecule has 138 valence electrons. The maximum absolute atomic E-state index is 13.6. The zero-order valence-electron chi connectivity index (χ0n) is 14.5. The maximum Gasteiger partial charge on any atom is 0.411 e. The Morgan fingerprint density at radius 3 is 2.46 bits per heavy atom. The second kappa shape index (κ2) is 10.1. The monoisotopic (exact) mass is 360 g/mol. The largest absolute Gasteiger partial charge is 0.447 e. The number of hydrogen-bond donors (Lipinski definition) is 2. The predicted octanol–water partition coefficient (Wildman–Crippen LogP) is 3.59. The molecule has 26 heavy (non-hydrogen) atoms. The van der Waals surface area contributed by atoms with Crippen molar-refractivity contribution in [2.45, 2.75) is 12.8 Å². The summed E-state index contributed by atoms with van der Waals surface area (Å²) in [5, 5.41) is 5.29. The van der Waals surface area contributed by atoms with E-state index in [2.05, 4.69) is 10.6 Å². The number of hydrogen-bond acceptors (Lipinski definition) is 4. The predicted molar refractivity (Wildman–Crippen MR) is 96.6 cm³/mol. The number of carbonyl (C=O) groups is 2. The summed E-state index contributed by atoms with van der Waals surface area (Å²) in [6.45, 7) is 0.459. The van der Waals surface area contributed by atoms with Crippen LogP contribution in [0.4, 0.5) is 20.6 Å². The average molecular weight is 360 g/mol. The van der Waals surface area contributed by atoms with Gasteiger partial charge in [0.25, 0.3) is 0 Å². The van der Waals surface area contributed by atoms with Crippen molar-refractivity contribution >= 4 is 23.4 Å². The second-order valence-corrected chi connectivity index (χ2v) is 5.47. The minimum absolute atomic E-state index is 0.148. The zero-order valence-corrected chi connectivity index (χ0v) is 14.5. The fourth-order valence-electron chi connectivity index (χ4n) is 2.22. The van der Waals surface area contributed by atoms with Gasteiger partial charge in [-0.15, -0.1) is 0 Å². The van der Waals surface area contributed by atoms with Crippen molar-refractivity contribution in [2.24, 2.45) is 0 Å². The van der Waals surface area contributed by atoms with Crippen LogP contribution in [0.5, 0.6) is 0 Å². The fraction of sp³-hybridized carbons (Fsp3) is 0.263. The number of carbonyl (C=O) groups excluding carboxylic acids is 2. The van der Waals surface area contributed by atoms with Crippen molar-refractivity contribution in [1.29, 1.82) is 0 Å². The molecule has 0 saturated carbocycles. The Hall–Kier alpha value is -2.93. The van der Waals surface area contributed by atoms with E-state index in [4.69, 9.17) is 9.47 Å². The van der Waals surface area contributed by atoms with Crippen LogP contribution in [-0.4, -0.2) is 32.3 Å². The van der Waals surface area contributed by atoms with Gasteiger partial charge in [-0.1, -0.05) is 24.3 Å². The molecule has 0 aliphatic carbocycles. The molecule has 2 aromatic carbocycles. The molecule has 0 aliphatic heterocycles. The molecule has 0 radical (unpaired) electrons. The first-order valence-corrected chi connectivity index (χ1v) is 8.14. The van der Waals surface area contributed by atoms with Crippen LogP contribution >= 0.6 is 0 Å². The van der Waals surface area contributed by atoms with E-state index in [0.29, 0.717) is 30.0 Å².